The van der Waals surface area contributed by atoms with Crippen LogP contribution in [0.4, 0.5) is 20.2 Å². The van der Waals surface area contributed by atoms with Crippen molar-refractivity contribution < 1.29 is 18.5 Å². The Morgan fingerprint density at radius 3 is 2.63 bits per heavy atom. The van der Waals surface area contributed by atoms with Gasteiger partial charge in [0.15, 0.2) is 0 Å². The lowest BCUT2D eigenvalue weighted by molar-refractivity contribution is -0.387. The molecule has 0 heterocycles. The fraction of sp³-hybridized carbons (Fsp3) is 0.364. The maximum absolute atomic E-state index is 13.4. The van der Waals surface area contributed by atoms with Crippen LogP contribution in [-0.4, -0.2) is 17.4 Å². The molecule has 8 heteroatoms. The monoisotopic (exact) mass is 273 g/mol. The van der Waals surface area contributed by atoms with Crippen molar-refractivity contribution >= 4 is 17.3 Å². The fourth-order valence-electron chi connectivity index (χ4n) is 1.37. The Morgan fingerprint density at radius 1 is 1.47 bits per heavy atom. The van der Waals surface area contributed by atoms with E-state index in [0.717, 1.165) is 0 Å². The summed E-state index contributed by atoms with van der Waals surface area (Å²) < 4.78 is 26.4. The molecule has 1 unspecified atom stereocenters. The number of nitro benzene ring substituents is 1. The van der Waals surface area contributed by atoms with Crippen LogP contribution in [0, 0.1) is 27.7 Å². The second-order valence-electron chi connectivity index (χ2n) is 4.13. The molecule has 0 aliphatic carbocycles. The van der Waals surface area contributed by atoms with Crippen molar-refractivity contribution in [3.63, 3.8) is 0 Å². The van der Waals surface area contributed by atoms with Gasteiger partial charge in [0.2, 0.25) is 11.7 Å². The maximum Gasteiger partial charge on any atom is 0.307 e. The molecule has 1 aromatic rings. The fourth-order valence-corrected chi connectivity index (χ4v) is 1.37. The van der Waals surface area contributed by atoms with Gasteiger partial charge in [0.05, 0.1) is 10.6 Å². The summed E-state index contributed by atoms with van der Waals surface area (Å²) in [5.41, 5.74) is 4.01. The highest BCUT2D eigenvalue weighted by molar-refractivity contribution is 5.91. The number of halogens is 2. The lowest BCUT2D eigenvalue weighted by Gasteiger charge is -2.10. The van der Waals surface area contributed by atoms with Gasteiger partial charge < -0.3 is 11.1 Å². The minimum Gasteiger partial charge on any atom is -0.330 e. The van der Waals surface area contributed by atoms with Gasteiger partial charge >= 0.3 is 5.69 Å². The second-order valence-corrected chi connectivity index (χ2v) is 4.13. The molecule has 0 aliphatic rings. The normalized spacial score (nSPS) is 12.0. The number of benzene rings is 1. The van der Waals surface area contributed by atoms with Gasteiger partial charge in [0.1, 0.15) is 5.82 Å². The molecule has 1 aromatic carbocycles. The number of nitrogens with one attached hydrogen (secondary N) is 1. The molecule has 0 fully saturated rings. The van der Waals surface area contributed by atoms with E-state index in [-0.39, 0.29) is 18.9 Å². The Balaban J connectivity index is 2.92. The van der Waals surface area contributed by atoms with E-state index in [1.807, 2.05) is 0 Å². The molecule has 1 atom stereocenters. The van der Waals surface area contributed by atoms with E-state index in [0.29, 0.717) is 12.1 Å². The molecule has 0 saturated carbocycles. The number of nitro groups is 1. The molecule has 0 aliphatic heterocycles. The SMILES string of the molecule is CC(CN)CC(=O)Nc1cc([N+](=O)[O-])c(F)cc1F. The predicted molar refractivity (Wildman–Crippen MR) is 64.5 cm³/mol. The van der Waals surface area contributed by atoms with Gasteiger partial charge in [-0.3, -0.25) is 14.9 Å². The van der Waals surface area contributed by atoms with Gasteiger partial charge in [-0.1, -0.05) is 6.92 Å². The summed E-state index contributed by atoms with van der Waals surface area (Å²) in [6.45, 7) is 2.00. The minimum atomic E-state index is -1.30. The van der Waals surface area contributed by atoms with E-state index in [9.17, 15) is 23.7 Å². The average Bonchev–Trinajstić information content (AvgIpc) is 2.31. The first-order valence-corrected chi connectivity index (χ1v) is 5.48. The Hall–Kier alpha value is -2.09. The third-order valence-electron chi connectivity index (χ3n) is 2.44. The van der Waals surface area contributed by atoms with E-state index in [2.05, 4.69) is 5.32 Å². The molecule has 6 nitrogen and oxygen atoms in total. The van der Waals surface area contributed by atoms with E-state index < -0.39 is 33.8 Å². The third kappa shape index (κ3) is 3.95. The van der Waals surface area contributed by atoms with Crippen LogP contribution in [0.3, 0.4) is 0 Å². The first-order chi connectivity index (χ1) is 8.85. The predicted octanol–water partition coefficient (Wildman–Crippen LogP) is 1.80. The molecule has 0 spiro atoms. The Morgan fingerprint density at radius 2 is 2.11 bits per heavy atom. The first-order valence-electron chi connectivity index (χ1n) is 5.48. The van der Waals surface area contributed by atoms with Crippen molar-refractivity contribution in [2.75, 3.05) is 11.9 Å². The second kappa shape index (κ2) is 6.19. The largest absolute Gasteiger partial charge is 0.330 e. The Bertz CT molecular complexity index is 508. The van der Waals surface area contributed by atoms with E-state index in [4.69, 9.17) is 5.73 Å². The third-order valence-corrected chi connectivity index (χ3v) is 2.44. The number of rotatable bonds is 5. The quantitative estimate of drug-likeness (QED) is 0.631. The van der Waals surface area contributed by atoms with Crippen molar-refractivity contribution in [1.29, 1.82) is 0 Å². The average molecular weight is 273 g/mol. The van der Waals surface area contributed by atoms with Crippen molar-refractivity contribution in [2.45, 2.75) is 13.3 Å². The summed E-state index contributed by atoms with van der Waals surface area (Å²) in [5.74, 6) is -3.02. The summed E-state index contributed by atoms with van der Waals surface area (Å²) in [6.07, 6.45) is 0.0428. The molecule has 0 aromatic heterocycles. The zero-order valence-electron chi connectivity index (χ0n) is 10.2. The smallest absolute Gasteiger partial charge is 0.307 e. The molecule has 1 rings (SSSR count). The van der Waals surface area contributed by atoms with Gasteiger partial charge in [-0.25, -0.2) is 4.39 Å². The van der Waals surface area contributed by atoms with Crippen LogP contribution in [0.15, 0.2) is 12.1 Å². The number of nitrogens with zero attached hydrogens (tertiary/aromatic N) is 1. The summed E-state index contributed by atoms with van der Waals surface area (Å²) >= 11 is 0. The van der Waals surface area contributed by atoms with Crippen molar-refractivity contribution in [2.24, 2.45) is 11.7 Å². The summed E-state index contributed by atoms with van der Waals surface area (Å²) in [7, 11) is 0. The Labute approximate surface area is 107 Å². The molecule has 0 bridgehead atoms. The van der Waals surface area contributed by atoms with Gasteiger partial charge in [-0.15, -0.1) is 0 Å². The summed E-state index contributed by atoms with van der Waals surface area (Å²) in [4.78, 5) is 21.0. The molecule has 19 heavy (non-hydrogen) atoms. The minimum absolute atomic E-state index is 0.0428. The van der Waals surface area contributed by atoms with Crippen molar-refractivity contribution in [3.05, 3.63) is 33.9 Å². The van der Waals surface area contributed by atoms with Gasteiger partial charge in [0.25, 0.3) is 0 Å². The summed E-state index contributed by atoms with van der Waals surface area (Å²) in [6, 6.07) is 1.01. The maximum atomic E-state index is 13.4. The highest BCUT2D eigenvalue weighted by atomic mass is 19.1. The molecule has 1 amide bonds. The topological polar surface area (TPSA) is 98.3 Å². The number of amides is 1. The van der Waals surface area contributed by atoms with Crippen molar-refractivity contribution in [1.82, 2.24) is 0 Å². The van der Waals surface area contributed by atoms with Crippen LogP contribution in [0.2, 0.25) is 0 Å². The standard InChI is InChI=1S/C11H13F2N3O3/c1-6(5-14)2-11(17)15-9-4-10(16(18)19)8(13)3-7(9)12/h3-4,6H,2,5,14H2,1H3,(H,15,17). The highest BCUT2D eigenvalue weighted by Gasteiger charge is 2.20. The number of hydrogen-bond acceptors (Lipinski definition) is 4. The first kappa shape index (κ1) is 15.0. The summed E-state index contributed by atoms with van der Waals surface area (Å²) in [5, 5.41) is 12.7. The number of hydrogen-bond donors (Lipinski definition) is 2. The molecule has 104 valence electrons. The number of anilines is 1. The number of carbonyl (C=O) groups is 1. The lowest BCUT2D eigenvalue weighted by Crippen LogP contribution is -2.20. The van der Waals surface area contributed by atoms with Crippen LogP contribution >= 0.6 is 0 Å². The van der Waals surface area contributed by atoms with Gasteiger partial charge in [0, 0.05) is 18.6 Å². The van der Waals surface area contributed by atoms with E-state index >= 15 is 0 Å². The molecular weight excluding hydrogens is 260 g/mol. The number of carbonyl (C=O) groups excluding carboxylic acids is 1. The van der Waals surface area contributed by atoms with Crippen molar-refractivity contribution in [3.8, 4) is 0 Å². The van der Waals surface area contributed by atoms with E-state index in [1.165, 1.54) is 0 Å². The number of nitrogens with two attached hydrogens (primary N) is 1. The molecule has 0 saturated heterocycles. The van der Waals surface area contributed by atoms with Crippen LogP contribution in [0.1, 0.15) is 13.3 Å². The Kier molecular flexibility index (Phi) is 4.87. The van der Waals surface area contributed by atoms with Crippen LogP contribution in [0.5, 0.6) is 0 Å². The highest BCUT2D eigenvalue weighted by Crippen LogP contribution is 2.25. The van der Waals surface area contributed by atoms with Crippen LogP contribution in [-0.2, 0) is 4.79 Å². The molecule has 0 radical (unpaired) electrons. The van der Waals surface area contributed by atoms with Crippen LogP contribution < -0.4 is 11.1 Å². The van der Waals surface area contributed by atoms with Gasteiger partial charge in [-0.05, 0) is 12.5 Å². The molecular formula is C11H13F2N3O3. The van der Waals surface area contributed by atoms with Crippen LogP contribution in [0.25, 0.3) is 0 Å². The zero-order valence-corrected chi connectivity index (χ0v) is 10.2. The van der Waals surface area contributed by atoms with Gasteiger partial charge in [-0.2, -0.15) is 4.39 Å². The lowest BCUT2D eigenvalue weighted by atomic mass is 10.1. The zero-order chi connectivity index (χ0) is 14.6. The van der Waals surface area contributed by atoms with E-state index in [1.54, 1.807) is 6.92 Å². The molecule has 3 N–H and O–H groups in total.